The zero-order valence-electron chi connectivity index (χ0n) is 11.7. The van der Waals surface area contributed by atoms with Gasteiger partial charge in [-0.05, 0) is 37.8 Å². The van der Waals surface area contributed by atoms with Crippen molar-refractivity contribution in [3.63, 3.8) is 0 Å². The largest absolute Gasteiger partial charge is 0.416 e. The maximum Gasteiger partial charge on any atom is 0.416 e. The van der Waals surface area contributed by atoms with Gasteiger partial charge in [0.15, 0.2) is 0 Å². The van der Waals surface area contributed by atoms with E-state index in [2.05, 4.69) is 4.98 Å². The van der Waals surface area contributed by atoms with Gasteiger partial charge < -0.3 is 10.0 Å². The third-order valence-electron chi connectivity index (χ3n) is 4.86. The summed E-state index contributed by atoms with van der Waals surface area (Å²) < 4.78 is 38.4. The lowest BCUT2D eigenvalue weighted by Gasteiger charge is -2.43. The third kappa shape index (κ3) is 2.73. The summed E-state index contributed by atoms with van der Waals surface area (Å²) in [5.41, 5.74) is -0.826. The van der Waals surface area contributed by atoms with Crippen molar-refractivity contribution in [2.45, 2.75) is 44.4 Å². The lowest BCUT2D eigenvalue weighted by Crippen LogP contribution is -2.47. The van der Waals surface area contributed by atoms with Crippen molar-refractivity contribution in [2.75, 3.05) is 18.0 Å². The maximum atomic E-state index is 12.8. The topological polar surface area (TPSA) is 36.4 Å². The summed E-state index contributed by atoms with van der Waals surface area (Å²) >= 11 is 0. The second-order valence-electron chi connectivity index (χ2n) is 6.20. The van der Waals surface area contributed by atoms with Crippen LogP contribution in [0.2, 0.25) is 0 Å². The molecule has 2 atom stereocenters. The quantitative estimate of drug-likeness (QED) is 0.865. The van der Waals surface area contributed by atoms with Gasteiger partial charge in [-0.15, -0.1) is 0 Å². The number of hydrogen-bond acceptors (Lipinski definition) is 3. The van der Waals surface area contributed by atoms with Crippen LogP contribution < -0.4 is 4.90 Å². The minimum absolute atomic E-state index is 0.159. The van der Waals surface area contributed by atoms with Crippen LogP contribution in [0.5, 0.6) is 0 Å². The number of aromatic nitrogens is 1. The number of hydrogen-bond donors (Lipinski definition) is 1. The fourth-order valence-electron chi connectivity index (χ4n) is 3.72. The monoisotopic (exact) mass is 300 g/mol. The summed E-state index contributed by atoms with van der Waals surface area (Å²) in [5.74, 6) is 0.364. The first-order valence-electron chi connectivity index (χ1n) is 7.37. The van der Waals surface area contributed by atoms with Crippen LogP contribution in [-0.4, -0.2) is 29.3 Å². The molecule has 0 aromatic carbocycles. The number of aliphatic hydroxyl groups excluding tert-OH is 1. The zero-order chi connectivity index (χ0) is 15.1. The highest BCUT2D eigenvalue weighted by molar-refractivity contribution is 5.43. The molecule has 0 radical (unpaired) electrons. The molecule has 1 N–H and O–H groups in total. The van der Waals surface area contributed by atoms with Crippen LogP contribution in [-0.2, 0) is 6.18 Å². The molecular weight excluding hydrogens is 281 g/mol. The molecule has 6 heteroatoms. The van der Waals surface area contributed by atoms with Gasteiger partial charge in [0.25, 0.3) is 0 Å². The summed E-state index contributed by atoms with van der Waals surface area (Å²) in [6.07, 6.45) is 1.09. The Morgan fingerprint density at radius 1 is 1.29 bits per heavy atom. The average Bonchev–Trinajstić information content (AvgIpc) is 2.79. The highest BCUT2D eigenvalue weighted by Crippen LogP contribution is 2.45. The number of rotatable bonds is 1. The van der Waals surface area contributed by atoms with Gasteiger partial charge in [-0.2, -0.15) is 13.2 Å². The second-order valence-corrected chi connectivity index (χ2v) is 6.20. The molecule has 1 saturated heterocycles. The van der Waals surface area contributed by atoms with E-state index in [0.29, 0.717) is 18.9 Å². The first-order chi connectivity index (χ1) is 9.91. The van der Waals surface area contributed by atoms with Gasteiger partial charge in [-0.25, -0.2) is 4.98 Å². The normalized spacial score (nSPS) is 30.1. The molecule has 2 fully saturated rings. The highest BCUT2D eigenvalue weighted by Gasteiger charge is 2.45. The lowest BCUT2D eigenvalue weighted by molar-refractivity contribution is -0.137. The number of nitrogens with zero attached hydrogens (tertiary/aromatic N) is 2. The zero-order valence-corrected chi connectivity index (χ0v) is 11.7. The minimum atomic E-state index is -4.35. The van der Waals surface area contributed by atoms with Crippen LogP contribution in [0.1, 0.15) is 37.7 Å². The van der Waals surface area contributed by atoms with Crippen molar-refractivity contribution >= 4 is 5.82 Å². The summed E-state index contributed by atoms with van der Waals surface area (Å²) in [7, 11) is 0. The molecule has 1 aliphatic heterocycles. The molecule has 3 rings (SSSR count). The Bertz CT molecular complexity index is 520. The number of aliphatic hydroxyl groups is 1. The molecule has 0 bridgehead atoms. The van der Waals surface area contributed by atoms with Crippen molar-refractivity contribution in [1.29, 1.82) is 0 Å². The number of alkyl halides is 3. The van der Waals surface area contributed by atoms with E-state index in [9.17, 15) is 18.3 Å². The van der Waals surface area contributed by atoms with Crippen LogP contribution in [0.4, 0.5) is 19.0 Å². The Labute approximate surface area is 121 Å². The van der Waals surface area contributed by atoms with Crippen LogP contribution >= 0.6 is 0 Å². The lowest BCUT2D eigenvalue weighted by atomic mass is 9.76. The van der Waals surface area contributed by atoms with Crippen molar-refractivity contribution in [1.82, 2.24) is 4.98 Å². The maximum absolute atomic E-state index is 12.8. The predicted octanol–water partition coefficient (Wildman–Crippen LogP) is 3.23. The first-order valence-corrected chi connectivity index (χ1v) is 7.37. The highest BCUT2D eigenvalue weighted by atomic mass is 19.4. The van der Waals surface area contributed by atoms with Gasteiger partial charge in [0.2, 0.25) is 0 Å². The van der Waals surface area contributed by atoms with Gasteiger partial charge in [-0.1, -0.05) is 6.42 Å². The SMILES string of the molecule is O[C@@H]1CCC[C@]12CCCN(c1cc(C(F)(F)F)ccn1)C2. The number of halogens is 3. The van der Waals surface area contributed by atoms with Gasteiger partial charge in [0.1, 0.15) is 5.82 Å². The Kier molecular flexibility index (Phi) is 3.59. The summed E-state index contributed by atoms with van der Waals surface area (Å²) in [4.78, 5) is 6.00. The number of anilines is 1. The molecule has 1 saturated carbocycles. The summed E-state index contributed by atoms with van der Waals surface area (Å²) in [6, 6.07) is 2.11. The molecule has 3 nitrogen and oxygen atoms in total. The Balaban J connectivity index is 1.84. The molecule has 0 amide bonds. The van der Waals surface area contributed by atoms with E-state index in [1.54, 1.807) is 0 Å². The molecule has 0 unspecified atom stereocenters. The molecule has 2 aliphatic rings. The fourth-order valence-corrected chi connectivity index (χ4v) is 3.72. The summed E-state index contributed by atoms with van der Waals surface area (Å²) in [5, 5.41) is 10.2. The average molecular weight is 300 g/mol. The molecule has 1 aromatic rings. The number of pyridine rings is 1. The van der Waals surface area contributed by atoms with Gasteiger partial charge >= 0.3 is 6.18 Å². The summed E-state index contributed by atoms with van der Waals surface area (Å²) in [6.45, 7) is 1.30. The Morgan fingerprint density at radius 3 is 2.71 bits per heavy atom. The Hall–Kier alpha value is -1.30. The van der Waals surface area contributed by atoms with E-state index in [0.717, 1.165) is 44.2 Å². The van der Waals surface area contributed by atoms with Gasteiger partial charge in [0.05, 0.1) is 11.7 Å². The molecule has 21 heavy (non-hydrogen) atoms. The van der Waals surface area contributed by atoms with E-state index in [1.807, 2.05) is 4.90 Å². The van der Waals surface area contributed by atoms with Crippen molar-refractivity contribution in [2.24, 2.45) is 5.41 Å². The fraction of sp³-hybridized carbons (Fsp3) is 0.667. The van der Waals surface area contributed by atoms with Gasteiger partial charge in [-0.3, -0.25) is 0 Å². The molecular formula is C15H19F3N2O. The predicted molar refractivity (Wildman–Crippen MR) is 73.0 cm³/mol. The van der Waals surface area contributed by atoms with E-state index in [-0.39, 0.29) is 11.5 Å². The van der Waals surface area contributed by atoms with Crippen molar-refractivity contribution < 1.29 is 18.3 Å². The first kappa shape index (κ1) is 14.6. The van der Waals surface area contributed by atoms with E-state index >= 15 is 0 Å². The van der Waals surface area contributed by atoms with Crippen molar-refractivity contribution in [3.05, 3.63) is 23.9 Å². The third-order valence-corrected chi connectivity index (χ3v) is 4.86. The molecule has 116 valence electrons. The molecule has 1 aliphatic carbocycles. The van der Waals surface area contributed by atoms with Crippen LogP contribution in [0.15, 0.2) is 18.3 Å². The second kappa shape index (κ2) is 5.16. The van der Waals surface area contributed by atoms with Crippen molar-refractivity contribution in [3.8, 4) is 0 Å². The van der Waals surface area contributed by atoms with Crippen LogP contribution in [0.3, 0.4) is 0 Å². The minimum Gasteiger partial charge on any atom is -0.392 e. The standard InChI is InChI=1S/C15H19F3N2O/c16-15(17,18)11-4-7-19-13(9-11)20-8-2-6-14(10-20)5-1-3-12(14)21/h4,7,9,12,21H,1-3,5-6,8,10H2/t12-,14-/m1/s1. The number of piperidine rings is 1. The van der Waals surface area contributed by atoms with E-state index < -0.39 is 11.7 Å². The smallest absolute Gasteiger partial charge is 0.392 e. The Morgan fingerprint density at radius 2 is 2.05 bits per heavy atom. The van der Waals surface area contributed by atoms with Gasteiger partial charge in [0, 0.05) is 24.7 Å². The molecule has 1 spiro atoms. The van der Waals surface area contributed by atoms with E-state index in [4.69, 9.17) is 0 Å². The molecule has 2 heterocycles. The molecule has 1 aromatic heterocycles. The van der Waals surface area contributed by atoms with Crippen LogP contribution in [0, 0.1) is 5.41 Å². The van der Waals surface area contributed by atoms with E-state index in [1.165, 1.54) is 6.20 Å². The van der Waals surface area contributed by atoms with Crippen LogP contribution in [0.25, 0.3) is 0 Å².